The zero-order valence-electron chi connectivity index (χ0n) is 12.0. The molecule has 1 fully saturated rings. The van der Waals surface area contributed by atoms with Crippen molar-refractivity contribution < 1.29 is 8.42 Å². The molecule has 1 aromatic rings. The third kappa shape index (κ3) is 4.28. The number of nitrogens with one attached hydrogen (secondary N) is 1. The number of nitrogens with two attached hydrogens (primary N) is 1. The lowest BCUT2D eigenvalue weighted by molar-refractivity contribution is 0.316. The van der Waals surface area contributed by atoms with Crippen LogP contribution in [0.4, 0.5) is 0 Å². The maximum atomic E-state index is 11.2. The summed E-state index contributed by atoms with van der Waals surface area (Å²) in [6.45, 7) is 4.03. The van der Waals surface area contributed by atoms with E-state index in [1.165, 1.54) is 12.8 Å². The van der Waals surface area contributed by atoms with Crippen LogP contribution in [0.25, 0.3) is 0 Å². The zero-order chi connectivity index (χ0) is 14.8. The minimum Gasteiger partial charge on any atom is -0.309 e. The summed E-state index contributed by atoms with van der Waals surface area (Å²) >= 11 is 0. The minimum atomic E-state index is -3.60. The van der Waals surface area contributed by atoms with Crippen LogP contribution in [0.15, 0.2) is 29.2 Å². The van der Waals surface area contributed by atoms with E-state index in [-0.39, 0.29) is 10.9 Å². The number of hydrogen-bond acceptors (Lipinski definition) is 4. The van der Waals surface area contributed by atoms with Gasteiger partial charge in [0.15, 0.2) is 0 Å². The fourth-order valence-electron chi connectivity index (χ4n) is 2.22. The Kier molecular flexibility index (Phi) is 4.80. The first-order valence-corrected chi connectivity index (χ1v) is 8.49. The van der Waals surface area contributed by atoms with Crippen molar-refractivity contribution in [2.75, 3.05) is 20.1 Å². The molecule has 1 aromatic carbocycles. The van der Waals surface area contributed by atoms with E-state index in [2.05, 4.69) is 24.2 Å². The van der Waals surface area contributed by atoms with Gasteiger partial charge in [-0.2, -0.15) is 0 Å². The largest absolute Gasteiger partial charge is 0.309 e. The summed E-state index contributed by atoms with van der Waals surface area (Å²) in [6, 6.07) is 7.70. The van der Waals surface area contributed by atoms with Crippen LogP contribution in [0.1, 0.15) is 31.4 Å². The van der Waals surface area contributed by atoms with Crippen LogP contribution < -0.4 is 10.5 Å². The minimum absolute atomic E-state index is 0.155. The summed E-state index contributed by atoms with van der Waals surface area (Å²) in [6.07, 6.45) is 2.64. The molecular formula is C14H23N3O2S. The lowest BCUT2D eigenvalue weighted by Crippen LogP contribution is -2.32. The molecule has 0 saturated heterocycles. The molecule has 1 aliphatic rings. The van der Waals surface area contributed by atoms with Crippen LogP contribution in [0, 0.1) is 0 Å². The third-order valence-electron chi connectivity index (χ3n) is 3.79. The molecule has 112 valence electrons. The van der Waals surface area contributed by atoms with Gasteiger partial charge in [-0.05, 0) is 44.5 Å². The van der Waals surface area contributed by atoms with Gasteiger partial charge in [-0.15, -0.1) is 0 Å². The van der Waals surface area contributed by atoms with Crippen molar-refractivity contribution in [3.8, 4) is 0 Å². The average Bonchev–Trinajstić information content (AvgIpc) is 3.22. The SMILES string of the molecule is CC(NCCN(C)C1CC1)c1ccc(S(N)(=O)=O)cc1. The van der Waals surface area contributed by atoms with Crippen LogP contribution in [-0.2, 0) is 10.0 Å². The maximum absolute atomic E-state index is 11.2. The van der Waals surface area contributed by atoms with Crippen LogP contribution >= 0.6 is 0 Å². The summed E-state index contributed by atoms with van der Waals surface area (Å²) in [5.41, 5.74) is 1.06. The number of nitrogens with zero attached hydrogens (tertiary/aromatic N) is 1. The Morgan fingerprint density at radius 2 is 1.95 bits per heavy atom. The van der Waals surface area contributed by atoms with Gasteiger partial charge >= 0.3 is 0 Å². The molecule has 0 radical (unpaired) electrons. The van der Waals surface area contributed by atoms with Crippen LogP contribution in [0.3, 0.4) is 0 Å². The number of sulfonamides is 1. The fraction of sp³-hybridized carbons (Fsp3) is 0.571. The molecular weight excluding hydrogens is 274 g/mol. The molecule has 0 aromatic heterocycles. The van der Waals surface area contributed by atoms with Gasteiger partial charge in [-0.1, -0.05) is 12.1 Å². The normalized spacial score (nSPS) is 17.4. The highest BCUT2D eigenvalue weighted by molar-refractivity contribution is 7.89. The molecule has 0 amide bonds. The van der Waals surface area contributed by atoms with Gasteiger partial charge in [-0.25, -0.2) is 13.6 Å². The Bertz CT molecular complexity index is 538. The van der Waals surface area contributed by atoms with Crippen molar-refractivity contribution in [1.82, 2.24) is 10.2 Å². The van der Waals surface area contributed by atoms with Crippen molar-refractivity contribution in [2.24, 2.45) is 5.14 Å². The highest BCUT2D eigenvalue weighted by atomic mass is 32.2. The van der Waals surface area contributed by atoms with Crippen LogP contribution in [-0.4, -0.2) is 39.5 Å². The van der Waals surface area contributed by atoms with Gasteiger partial charge < -0.3 is 10.2 Å². The molecule has 0 aliphatic heterocycles. The first kappa shape index (κ1) is 15.4. The Hall–Kier alpha value is -0.950. The summed E-state index contributed by atoms with van der Waals surface area (Å²) in [4.78, 5) is 2.53. The van der Waals surface area contributed by atoms with Gasteiger partial charge in [0.05, 0.1) is 4.90 Å². The van der Waals surface area contributed by atoms with E-state index in [0.29, 0.717) is 0 Å². The van der Waals surface area contributed by atoms with Gasteiger partial charge in [-0.3, -0.25) is 0 Å². The molecule has 1 saturated carbocycles. The summed E-state index contributed by atoms with van der Waals surface area (Å²) in [5.74, 6) is 0. The number of benzene rings is 1. The average molecular weight is 297 g/mol. The van der Waals surface area contributed by atoms with Gasteiger partial charge in [0.25, 0.3) is 0 Å². The third-order valence-corrected chi connectivity index (χ3v) is 4.72. The van der Waals surface area contributed by atoms with E-state index in [0.717, 1.165) is 24.7 Å². The van der Waals surface area contributed by atoms with Crippen LogP contribution in [0.5, 0.6) is 0 Å². The van der Waals surface area contributed by atoms with Crippen molar-refractivity contribution in [3.63, 3.8) is 0 Å². The number of hydrogen-bond donors (Lipinski definition) is 2. The van der Waals surface area contributed by atoms with E-state index in [1.54, 1.807) is 12.1 Å². The Labute approximate surface area is 121 Å². The second kappa shape index (κ2) is 6.22. The molecule has 1 atom stereocenters. The van der Waals surface area contributed by atoms with Gasteiger partial charge in [0.2, 0.25) is 10.0 Å². The summed E-state index contributed by atoms with van der Waals surface area (Å²) in [5, 5.41) is 8.53. The second-order valence-electron chi connectivity index (χ2n) is 5.50. The zero-order valence-corrected chi connectivity index (χ0v) is 12.9. The Morgan fingerprint density at radius 3 is 2.45 bits per heavy atom. The predicted molar refractivity (Wildman–Crippen MR) is 79.9 cm³/mol. The Balaban J connectivity index is 1.84. The van der Waals surface area contributed by atoms with E-state index in [1.807, 2.05) is 12.1 Å². The van der Waals surface area contributed by atoms with E-state index in [4.69, 9.17) is 5.14 Å². The molecule has 5 nitrogen and oxygen atoms in total. The standard InChI is InChI=1S/C14H23N3O2S/c1-11(16-9-10-17(2)13-5-6-13)12-3-7-14(8-4-12)20(15,18)19/h3-4,7-8,11,13,16H,5-6,9-10H2,1-2H3,(H2,15,18,19). The molecule has 20 heavy (non-hydrogen) atoms. The number of rotatable bonds is 7. The van der Waals surface area contributed by atoms with E-state index >= 15 is 0 Å². The topological polar surface area (TPSA) is 75.4 Å². The molecule has 0 spiro atoms. The first-order valence-electron chi connectivity index (χ1n) is 6.94. The second-order valence-corrected chi connectivity index (χ2v) is 7.06. The van der Waals surface area contributed by atoms with Crippen molar-refractivity contribution in [1.29, 1.82) is 0 Å². The molecule has 6 heteroatoms. The number of primary sulfonamides is 1. The smallest absolute Gasteiger partial charge is 0.238 e. The molecule has 1 unspecified atom stereocenters. The van der Waals surface area contributed by atoms with Crippen molar-refractivity contribution >= 4 is 10.0 Å². The Morgan fingerprint density at radius 1 is 1.35 bits per heavy atom. The molecule has 3 N–H and O–H groups in total. The van der Waals surface area contributed by atoms with Crippen molar-refractivity contribution in [2.45, 2.75) is 36.7 Å². The molecule has 0 bridgehead atoms. The maximum Gasteiger partial charge on any atom is 0.238 e. The van der Waals surface area contributed by atoms with Gasteiger partial charge in [0, 0.05) is 25.2 Å². The highest BCUT2D eigenvalue weighted by Gasteiger charge is 2.25. The monoisotopic (exact) mass is 297 g/mol. The predicted octanol–water partition coefficient (Wildman–Crippen LogP) is 1.08. The van der Waals surface area contributed by atoms with Crippen molar-refractivity contribution in [3.05, 3.63) is 29.8 Å². The van der Waals surface area contributed by atoms with E-state index in [9.17, 15) is 8.42 Å². The summed E-state index contributed by atoms with van der Waals surface area (Å²) in [7, 11) is -1.45. The van der Waals surface area contributed by atoms with Gasteiger partial charge in [0.1, 0.15) is 0 Å². The fourth-order valence-corrected chi connectivity index (χ4v) is 2.73. The highest BCUT2D eigenvalue weighted by Crippen LogP contribution is 2.24. The summed E-state index contributed by atoms with van der Waals surface area (Å²) < 4.78 is 22.4. The van der Waals surface area contributed by atoms with Crippen LogP contribution in [0.2, 0.25) is 0 Å². The lowest BCUT2D eigenvalue weighted by atomic mass is 10.1. The quantitative estimate of drug-likeness (QED) is 0.789. The molecule has 2 rings (SSSR count). The number of likely N-dealkylation sites (N-methyl/N-ethyl adjacent to an activating group) is 1. The first-order chi connectivity index (χ1) is 9.38. The lowest BCUT2D eigenvalue weighted by Gasteiger charge is -2.19. The van der Waals surface area contributed by atoms with E-state index < -0.39 is 10.0 Å². The molecule has 1 aliphatic carbocycles. The molecule has 0 heterocycles.